The molecule has 194 valence electrons. The van der Waals surface area contributed by atoms with Gasteiger partial charge in [0, 0.05) is 18.7 Å². The molecule has 2 aliphatic carbocycles. The van der Waals surface area contributed by atoms with E-state index in [1.54, 1.807) is 0 Å². The Balaban J connectivity index is 0.000000362. The lowest BCUT2D eigenvalue weighted by atomic mass is 9.63. The molecule has 2 nitrogen and oxygen atoms in total. The van der Waals surface area contributed by atoms with Crippen LogP contribution in [0, 0.1) is 11.8 Å². The molecule has 1 aromatic rings. The van der Waals surface area contributed by atoms with Crippen LogP contribution < -0.4 is 5.73 Å². The minimum Gasteiger partial charge on any atom is -0.402 e. The first-order valence-electron chi connectivity index (χ1n) is 13.7. The van der Waals surface area contributed by atoms with Crippen molar-refractivity contribution in [2.24, 2.45) is 17.6 Å². The van der Waals surface area contributed by atoms with Crippen LogP contribution in [0.3, 0.4) is 0 Å². The van der Waals surface area contributed by atoms with Gasteiger partial charge in [0.05, 0.1) is 0 Å². The summed E-state index contributed by atoms with van der Waals surface area (Å²) in [4.78, 5) is 0. The van der Waals surface area contributed by atoms with Crippen molar-refractivity contribution in [1.29, 1.82) is 0 Å². The number of hydrogen-bond donors (Lipinski definition) is 2. The standard InChI is InChI=1S/C20H29N.C7H14.C5H12O/c1-14(7-8-15(2)21)16-9-10-17-18(13-16)20(5,6)12-11-19(17,3)4;1-7-5-3-2-4-6-7;1-3-5(2)4-6/h7,9-10,13H,2,8,11-12,21H2,1,3-6H3;7H,2-6H2,1H3;5-6H,3-4H2,1-2H3/b14-7+;;/t;;5-/m..0/s1. The molecule has 3 N–H and O–H groups in total. The molecule has 0 saturated heterocycles. The maximum Gasteiger partial charge on any atom is 0.0456 e. The van der Waals surface area contributed by atoms with Crippen molar-refractivity contribution in [3.8, 4) is 0 Å². The Bertz CT molecular complexity index is 776. The lowest BCUT2D eigenvalue weighted by Gasteiger charge is -2.42. The quantitative estimate of drug-likeness (QED) is 0.452. The fraction of sp³-hybridized carbons (Fsp3) is 0.688. The molecule has 0 bridgehead atoms. The van der Waals surface area contributed by atoms with E-state index < -0.39 is 0 Å². The Labute approximate surface area is 212 Å². The fourth-order valence-corrected chi connectivity index (χ4v) is 4.67. The van der Waals surface area contributed by atoms with Gasteiger partial charge in [0.25, 0.3) is 0 Å². The summed E-state index contributed by atoms with van der Waals surface area (Å²) in [5.41, 5.74) is 12.5. The zero-order valence-corrected chi connectivity index (χ0v) is 23.8. The summed E-state index contributed by atoms with van der Waals surface area (Å²) in [6, 6.07) is 6.98. The number of rotatable bonds is 5. The van der Waals surface area contributed by atoms with Gasteiger partial charge in [0.2, 0.25) is 0 Å². The first-order valence-corrected chi connectivity index (χ1v) is 13.7. The molecule has 0 aliphatic heterocycles. The van der Waals surface area contributed by atoms with Gasteiger partial charge in [0.1, 0.15) is 0 Å². The molecule has 0 unspecified atom stereocenters. The van der Waals surface area contributed by atoms with Gasteiger partial charge in [-0.15, -0.1) is 0 Å². The molecule has 0 spiro atoms. The van der Waals surface area contributed by atoms with Gasteiger partial charge in [-0.05, 0) is 64.7 Å². The predicted octanol–water partition coefficient (Wildman–Crippen LogP) is 8.91. The fourth-order valence-electron chi connectivity index (χ4n) is 4.67. The van der Waals surface area contributed by atoms with E-state index in [4.69, 9.17) is 10.8 Å². The van der Waals surface area contributed by atoms with Crippen molar-refractivity contribution in [3.63, 3.8) is 0 Å². The van der Waals surface area contributed by atoms with Crippen LogP contribution in [-0.4, -0.2) is 11.7 Å². The molecule has 0 heterocycles. The normalized spacial score (nSPS) is 20.1. The van der Waals surface area contributed by atoms with Crippen LogP contribution in [0.15, 0.2) is 36.6 Å². The molecule has 1 saturated carbocycles. The van der Waals surface area contributed by atoms with Crippen LogP contribution in [0.25, 0.3) is 5.57 Å². The van der Waals surface area contributed by atoms with E-state index in [2.05, 4.69) is 79.3 Å². The van der Waals surface area contributed by atoms with E-state index in [0.717, 1.165) is 18.8 Å². The monoisotopic (exact) mass is 469 g/mol. The molecule has 0 amide bonds. The Hall–Kier alpha value is -1.54. The van der Waals surface area contributed by atoms with Crippen molar-refractivity contribution in [2.75, 3.05) is 6.61 Å². The smallest absolute Gasteiger partial charge is 0.0456 e. The second kappa shape index (κ2) is 14.1. The molecule has 3 rings (SSSR count). The number of allylic oxidation sites excluding steroid dienone is 2. The summed E-state index contributed by atoms with van der Waals surface area (Å²) in [7, 11) is 0. The zero-order chi connectivity index (χ0) is 25.9. The van der Waals surface area contributed by atoms with Gasteiger partial charge in [-0.25, -0.2) is 0 Å². The minimum absolute atomic E-state index is 0.263. The molecule has 0 radical (unpaired) electrons. The van der Waals surface area contributed by atoms with Gasteiger partial charge in [-0.1, -0.05) is 118 Å². The summed E-state index contributed by atoms with van der Waals surface area (Å²) < 4.78 is 0. The van der Waals surface area contributed by atoms with Crippen molar-refractivity contribution in [2.45, 2.75) is 124 Å². The lowest BCUT2D eigenvalue weighted by molar-refractivity contribution is 0.234. The highest BCUT2D eigenvalue weighted by Crippen LogP contribution is 2.46. The maximum absolute atomic E-state index is 8.33. The molecule has 2 aliphatic rings. The zero-order valence-electron chi connectivity index (χ0n) is 23.8. The highest BCUT2D eigenvalue weighted by Gasteiger charge is 2.36. The van der Waals surface area contributed by atoms with Gasteiger partial charge in [-0.3, -0.25) is 0 Å². The van der Waals surface area contributed by atoms with Gasteiger partial charge < -0.3 is 10.8 Å². The Morgan fingerprint density at radius 2 is 1.65 bits per heavy atom. The van der Waals surface area contributed by atoms with E-state index in [9.17, 15) is 0 Å². The van der Waals surface area contributed by atoms with Crippen molar-refractivity contribution >= 4 is 5.57 Å². The van der Waals surface area contributed by atoms with E-state index in [1.807, 2.05) is 6.92 Å². The highest BCUT2D eigenvalue weighted by atomic mass is 16.3. The van der Waals surface area contributed by atoms with Crippen molar-refractivity contribution < 1.29 is 5.11 Å². The van der Waals surface area contributed by atoms with Crippen molar-refractivity contribution in [3.05, 3.63) is 53.2 Å². The second-order valence-corrected chi connectivity index (χ2v) is 12.2. The third-order valence-electron chi connectivity index (χ3n) is 7.88. The molecule has 1 fully saturated rings. The molecule has 0 aromatic heterocycles. The topological polar surface area (TPSA) is 46.2 Å². The average molecular weight is 470 g/mol. The van der Waals surface area contributed by atoms with Crippen LogP contribution in [0.2, 0.25) is 0 Å². The van der Waals surface area contributed by atoms with Gasteiger partial charge in [-0.2, -0.15) is 0 Å². The summed E-state index contributed by atoms with van der Waals surface area (Å²) in [6.45, 7) is 22.2. The lowest BCUT2D eigenvalue weighted by Crippen LogP contribution is -2.33. The number of fused-ring (bicyclic) bond motifs is 1. The van der Waals surface area contributed by atoms with Crippen molar-refractivity contribution in [1.82, 2.24) is 0 Å². The largest absolute Gasteiger partial charge is 0.402 e. The third kappa shape index (κ3) is 9.98. The Kier molecular flexibility index (Phi) is 12.7. The van der Waals surface area contributed by atoms with E-state index in [0.29, 0.717) is 18.2 Å². The minimum atomic E-state index is 0.263. The van der Waals surface area contributed by atoms with E-state index in [-0.39, 0.29) is 10.8 Å². The van der Waals surface area contributed by atoms with Crippen LogP contribution >= 0.6 is 0 Å². The number of benzene rings is 1. The van der Waals surface area contributed by atoms with Gasteiger partial charge >= 0.3 is 0 Å². The SMILES string of the molecule is C=C(N)C/C=C(\C)c1ccc2c(c1)C(C)(C)CCC2(C)C.CC1CCCCC1.CC[C@H](C)CO. The predicted molar refractivity (Wildman–Crippen MR) is 152 cm³/mol. The molecular formula is C32H55NO. The van der Waals surface area contributed by atoms with E-state index in [1.165, 1.54) is 67.2 Å². The average Bonchev–Trinajstić information content (AvgIpc) is 2.81. The van der Waals surface area contributed by atoms with Crippen LogP contribution in [-0.2, 0) is 10.8 Å². The molecule has 34 heavy (non-hydrogen) atoms. The Morgan fingerprint density at radius 3 is 2.06 bits per heavy atom. The number of hydrogen-bond acceptors (Lipinski definition) is 2. The first kappa shape index (κ1) is 30.5. The van der Waals surface area contributed by atoms with E-state index >= 15 is 0 Å². The summed E-state index contributed by atoms with van der Waals surface area (Å²) in [5, 5.41) is 8.33. The van der Waals surface area contributed by atoms with Crippen LogP contribution in [0.4, 0.5) is 0 Å². The summed E-state index contributed by atoms with van der Waals surface area (Å²) in [6.07, 6.45) is 13.9. The van der Waals surface area contributed by atoms with Crippen LogP contribution in [0.5, 0.6) is 0 Å². The first-order chi connectivity index (χ1) is 15.8. The summed E-state index contributed by atoms with van der Waals surface area (Å²) in [5.74, 6) is 1.53. The number of nitrogens with two attached hydrogens (primary N) is 1. The summed E-state index contributed by atoms with van der Waals surface area (Å²) >= 11 is 0. The Morgan fingerprint density at radius 1 is 1.09 bits per heavy atom. The third-order valence-corrected chi connectivity index (χ3v) is 7.88. The highest BCUT2D eigenvalue weighted by molar-refractivity contribution is 5.66. The molecular weight excluding hydrogens is 414 g/mol. The van der Waals surface area contributed by atoms with Crippen LogP contribution in [0.1, 0.15) is 130 Å². The maximum atomic E-state index is 8.33. The van der Waals surface area contributed by atoms with Gasteiger partial charge in [0.15, 0.2) is 0 Å². The second-order valence-electron chi connectivity index (χ2n) is 12.2. The number of aliphatic hydroxyl groups excluding tert-OH is 1. The molecule has 1 aromatic carbocycles. The number of aliphatic hydroxyl groups is 1. The molecule has 1 atom stereocenters. The molecule has 2 heteroatoms.